The van der Waals surface area contributed by atoms with Crippen LogP contribution >= 0.6 is 0 Å². The average molecular weight is 515 g/mol. The van der Waals surface area contributed by atoms with Crippen LogP contribution in [0.3, 0.4) is 0 Å². The largest absolute Gasteiger partial charge is 0.461 e. The Morgan fingerprint density at radius 1 is 1.03 bits per heavy atom. The van der Waals surface area contributed by atoms with Crippen molar-refractivity contribution in [1.29, 1.82) is 0 Å². The van der Waals surface area contributed by atoms with Crippen LogP contribution in [0.4, 0.5) is 20.6 Å². The summed E-state index contributed by atoms with van der Waals surface area (Å²) < 4.78 is 25.6. The number of piperazine rings is 1. The van der Waals surface area contributed by atoms with Crippen molar-refractivity contribution in [3.63, 3.8) is 0 Å². The number of carbonyl (C=O) groups excluding carboxylic acids is 3. The van der Waals surface area contributed by atoms with Crippen LogP contribution in [-0.2, 0) is 25.7 Å². The molecule has 0 aromatic heterocycles. The molecule has 0 bridgehead atoms. The summed E-state index contributed by atoms with van der Waals surface area (Å²) in [6.45, 7) is 7.29. The van der Waals surface area contributed by atoms with Gasteiger partial charge in [-0.25, -0.2) is 9.18 Å². The van der Waals surface area contributed by atoms with Gasteiger partial charge >= 0.3 is 12.1 Å². The predicted molar refractivity (Wildman–Crippen MR) is 139 cm³/mol. The van der Waals surface area contributed by atoms with E-state index < -0.39 is 29.3 Å². The zero-order valence-electron chi connectivity index (χ0n) is 21.8. The summed E-state index contributed by atoms with van der Waals surface area (Å²) in [4.78, 5) is 40.6. The first-order valence-electron chi connectivity index (χ1n) is 12.3. The van der Waals surface area contributed by atoms with Crippen molar-refractivity contribution in [3.8, 4) is 0 Å². The average Bonchev–Trinajstić information content (AvgIpc) is 2.86. The summed E-state index contributed by atoms with van der Waals surface area (Å²) in [5.74, 6) is -1.49. The Morgan fingerprint density at radius 2 is 1.70 bits per heavy atom. The Hall–Kier alpha value is -3.66. The maximum Gasteiger partial charge on any atom is 0.410 e. The normalized spacial score (nSPS) is 14.6. The lowest BCUT2D eigenvalue weighted by Crippen LogP contribution is -2.50. The maximum atomic E-state index is 14.9. The summed E-state index contributed by atoms with van der Waals surface area (Å²) in [5, 5.41) is 5.45. The molecule has 1 atom stereocenters. The standard InChI is InChI=1S/C27H35FN4O5/c1-27(2,3)37-26(35)32-14-12-31(13-15-32)23-11-10-20(16-21(23)28)30-25(34)22(29-4)17-24(33)36-18-19-8-6-5-7-9-19/h5-11,16,22,29H,12-15,17-18H2,1-4H3,(H,30,34)/t22-/m0/s1. The van der Waals surface area contributed by atoms with E-state index in [0.717, 1.165) is 5.56 Å². The number of rotatable bonds is 8. The minimum absolute atomic E-state index is 0.121. The van der Waals surface area contributed by atoms with Gasteiger partial charge in [0.2, 0.25) is 5.91 Å². The number of ether oxygens (including phenoxy) is 2. The number of benzene rings is 2. The van der Waals surface area contributed by atoms with Gasteiger partial charge in [-0.1, -0.05) is 30.3 Å². The van der Waals surface area contributed by atoms with Gasteiger partial charge in [0.25, 0.3) is 0 Å². The third-order valence-electron chi connectivity index (χ3n) is 5.77. The number of esters is 1. The summed E-state index contributed by atoms with van der Waals surface area (Å²) in [6, 6.07) is 12.9. The van der Waals surface area contributed by atoms with Crippen LogP contribution in [0.1, 0.15) is 32.8 Å². The van der Waals surface area contributed by atoms with Gasteiger partial charge in [0.05, 0.1) is 18.2 Å². The molecule has 2 aromatic rings. The van der Waals surface area contributed by atoms with Crippen LogP contribution in [0.5, 0.6) is 0 Å². The number of hydrogen-bond acceptors (Lipinski definition) is 7. The van der Waals surface area contributed by atoms with E-state index in [1.165, 1.54) is 6.07 Å². The number of amides is 2. The molecule has 0 saturated carbocycles. The Labute approximate surface area is 216 Å². The van der Waals surface area contributed by atoms with Crippen molar-refractivity contribution in [2.24, 2.45) is 0 Å². The van der Waals surface area contributed by atoms with Crippen molar-refractivity contribution >= 4 is 29.3 Å². The van der Waals surface area contributed by atoms with Crippen molar-refractivity contribution < 1.29 is 28.2 Å². The molecule has 2 aromatic carbocycles. The molecule has 200 valence electrons. The molecule has 0 aliphatic carbocycles. The second kappa shape index (κ2) is 12.5. The fourth-order valence-corrected chi connectivity index (χ4v) is 3.82. The van der Waals surface area contributed by atoms with E-state index in [4.69, 9.17) is 9.47 Å². The molecule has 37 heavy (non-hydrogen) atoms. The quantitative estimate of drug-likeness (QED) is 0.520. The van der Waals surface area contributed by atoms with E-state index in [2.05, 4.69) is 10.6 Å². The number of carbonyl (C=O) groups is 3. The van der Waals surface area contributed by atoms with Gasteiger partial charge in [0, 0.05) is 31.9 Å². The fourth-order valence-electron chi connectivity index (χ4n) is 3.82. The van der Waals surface area contributed by atoms with Gasteiger partial charge in [-0.15, -0.1) is 0 Å². The SMILES string of the molecule is CN[C@@H](CC(=O)OCc1ccccc1)C(=O)Nc1ccc(N2CCN(C(=O)OC(C)(C)C)CC2)c(F)c1. The van der Waals surface area contributed by atoms with Gasteiger partial charge < -0.3 is 29.9 Å². The zero-order chi connectivity index (χ0) is 27.0. The first kappa shape index (κ1) is 27.9. The van der Waals surface area contributed by atoms with E-state index in [1.54, 1.807) is 24.1 Å². The first-order chi connectivity index (χ1) is 17.6. The van der Waals surface area contributed by atoms with E-state index in [1.807, 2.05) is 56.0 Å². The van der Waals surface area contributed by atoms with Crippen LogP contribution in [0.2, 0.25) is 0 Å². The second-order valence-electron chi connectivity index (χ2n) is 9.80. The third kappa shape index (κ3) is 8.45. The molecule has 1 heterocycles. The Bertz CT molecular complexity index is 1080. The lowest BCUT2D eigenvalue weighted by atomic mass is 10.1. The van der Waals surface area contributed by atoms with E-state index in [-0.39, 0.29) is 24.8 Å². The molecule has 1 saturated heterocycles. The minimum Gasteiger partial charge on any atom is -0.461 e. The van der Waals surface area contributed by atoms with E-state index >= 15 is 0 Å². The molecular formula is C27H35FN4O5. The summed E-state index contributed by atoms with van der Waals surface area (Å²) in [6.07, 6.45) is -0.550. The summed E-state index contributed by atoms with van der Waals surface area (Å²) >= 11 is 0. The van der Waals surface area contributed by atoms with Crippen LogP contribution in [0.15, 0.2) is 48.5 Å². The van der Waals surface area contributed by atoms with Crippen LogP contribution in [0, 0.1) is 5.82 Å². The zero-order valence-corrected chi connectivity index (χ0v) is 21.8. The number of likely N-dealkylation sites (N-methyl/N-ethyl adjacent to an activating group) is 1. The van der Waals surface area contributed by atoms with Crippen molar-refractivity contribution in [3.05, 3.63) is 59.9 Å². The molecule has 2 N–H and O–H groups in total. The number of nitrogens with one attached hydrogen (secondary N) is 2. The van der Waals surface area contributed by atoms with Gasteiger partial charge in [-0.05, 0) is 51.6 Å². The molecule has 3 rings (SSSR count). The molecule has 1 aliphatic heterocycles. The molecule has 1 fully saturated rings. The molecule has 0 unspecified atom stereocenters. The first-order valence-corrected chi connectivity index (χ1v) is 12.3. The molecule has 1 aliphatic rings. The lowest BCUT2D eigenvalue weighted by Gasteiger charge is -2.36. The predicted octanol–water partition coefficient (Wildman–Crippen LogP) is 3.54. The highest BCUT2D eigenvalue weighted by Gasteiger charge is 2.27. The number of nitrogens with zero attached hydrogens (tertiary/aromatic N) is 2. The smallest absolute Gasteiger partial charge is 0.410 e. The van der Waals surface area contributed by atoms with Gasteiger partial charge in [0.1, 0.15) is 18.0 Å². The number of hydrogen-bond donors (Lipinski definition) is 2. The van der Waals surface area contributed by atoms with Gasteiger partial charge in [0.15, 0.2) is 0 Å². The highest BCUT2D eigenvalue weighted by atomic mass is 19.1. The minimum atomic E-state index is -0.841. The van der Waals surface area contributed by atoms with Crippen LogP contribution in [-0.4, -0.2) is 67.7 Å². The molecule has 0 radical (unpaired) electrons. The summed E-state index contributed by atoms with van der Waals surface area (Å²) in [5.41, 5.74) is 0.936. The van der Waals surface area contributed by atoms with E-state index in [0.29, 0.717) is 31.9 Å². The van der Waals surface area contributed by atoms with Gasteiger partial charge in [-0.3, -0.25) is 9.59 Å². The topological polar surface area (TPSA) is 100 Å². The second-order valence-corrected chi connectivity index (χ2v) is 9.80. The monoisotopic (exact) mass is 514 g/mol. The van der Waals surface area contributed by atoms with Crippen LogP contribution < -0.4 is 15.5 Å². The molecular weight excluding hydrogens is 479 g/mol. The highest BCUT2D eigenvalue weighted by Crippen LogP contribution is 2.25. The van der Waals surface area contributed by atoms with Gasteiger partial charge in [-0.2, -0.15) is 0 Å². The number of halogens is 1. The third-order valence-corrected chi connectivity index (χ3v) is 5.77. The molecule has 10 heteroatoms. The molecule has 0 spiro atoms. The molecule has 9 nitrogen and oxygen atoms in total. The fraction of sp³-hybridized carbons (Fsp3) is 0.444. The highest BCUT2D eigenvalue weighted by molar-refractivity contribution is 5.97. The summed E-state index contributed by atoms with van der Waals surface area (Å²) in [7, 11) is 1.56. The molecule has 2 amide bonds. The number of anilines is 2. The lowest BCUT2D eigenvalue weighted by molar-refractivity contribution is -0.146. The Kier molecular flexibility index (Phi) is 9.46. The van der Waals surface area contributed by atoms with E-state index in [9.17, 15) is 18.8 Å². The Balaban J connectivity index is 1.51. The van der Waals surface area contributed by atoms with Crippen molar-refractivity contribution in [1.82, 2.24) is 10.2 Å². The van der Waals surface area contributed by atoms with Crippen LogP contribution in [0.25, 0.3) is 0 Å². The maximum absolute atomic E-state index is 14.9. The van der Waals surface area contributed by atoms with Crippen molar-refractivity contribution in [2.45, 2.75) is 45.4 Å². The van der Waals surface area contributed by atoms with Crippen molar-refractivity contribution in [2.75, 3.05) is 43.4 Å². The Morgan fingerprint density at radius 3 is 2.30 bits per heavy atom.